The standard InChI is InChI=1S/C21H20FNO6S/c1-28-16-4-6-17(7-5-16)30(26,27)21-11-19(24)23(21)12-14(20(21)25)9-13-10-15(22)3-8-18(13)29-2/h3-8,10,14H,9,11-12H2,1-2H3. The molecule has 2 heterocycles. The molecule has 2 unspecified atom stereocenters. The number of fused-ring (bicyclic) bond motifs is 1. The lowest BCUT2D eigenvalue weighted by Gasteiger charge is -2.44. The predicted octanol–water partition coefficient (Wildman–Crippen LogP) is 1.99. The van der Waals surface area contributed by atoms with Crippen molar-refractivity contribution in [1.82, 2.24) is 4.90 Å². The Bertz CT molecular complexity index is 1130. The molecule has 7 nitrogen and oxygen atoms in total. The van der Waals surface area contributed by atoms with Crippen LogP contribution in [-0.4, -0.2) is 50.6 Å². The number of β-lactam (4-membered cyclic amide) rings is 1. The Hall–Kier alpha value is -2.94. The number of hydrogen-bond acceptors (Lipinski definition) is 6. The van der Waals surface area contributed by atoms with Gasteiger partial charge >= 0.3 is 0 Å². The zero-order valence-electron chi connectivity index (χ0n) is 16.4. The largest absolute Gasteiger partial charge is 0.497 e. The zero-order chi connectivity index (χ0) is 21.7. The Morgan fingerprint density at radius 1 is 1.10 bits per heavy atom. The monoisotopic (exact) mass is 433 g/mol. The number of carbonyl (C=O) groups excluding carboxylic acids is 2. The summed E-state index contributed by atoms with van der Waals surface area (Å²) in [5.41, 5.74) is 0.447. The fourth-order valence-corrected chi connectivity index (χ4v) is 6.35. The van der Waals surface area contributed by atoms with Crippen molar-refractivity contribution in [1.29, 1.82) is 0 Å². The van der Waals surface area contributed by atoms with Gasteiger partial charge in [-0.25, -0.2) is 12.8 Å². The zero-order valence-corrected chi connectivity index (χ0v) is 17.2. The van der Waals surface area contributed by atoms with E-state index in [1.165, 1.54) is 56.7 Å². The summed E-state index contributed by atoms with van der Waals surface area (Å²) in [7, 11) is -1.27. The lowest BCUT2D eigenvalue weighted by atomic mass is 9.92. The van der Waals surface area contributed by atoms with Crippen LogP contribution in [0.15, 0.2) is 47.4 Å². The summed E-state index contributed by atoms with van der Waals surface area (Å²) in [4.78, 5) is 24.7. The molecule has 30 heavy (non-hydrogen) atoms. The molecule has 2 aromatic carbocycles. The van der Waals surface area contributed by atoms with Gasteiger partial charge in [0, 0.05) is 12.5 Å². The third kappa shape index (κ3) is 2.79. The van der Waals surface area contributed by atoms with E-state index in [-0.39, 0.29) is 17.9 Å². The van der Waals surface area contributed by atoms with E-state index in [4.69, 9.17) is 9.47 Å². The molecule has 0 aliphatic carbocycles. The van der Waals surface area contributed by atoms with Crippen molar-refractivity contribution < 1.29 is 31.9 Å². The van der Waals surface area contributed by atoms with E-state index in [0.29, 0.717) is 17.1 Å². The normalized spacial score (nSPS) is 23.2. The van der Waals surface area contributed by atoms with Gasteiger partial charge in [-0.15, -0.1) is 0 Å². The van der Waals surface area contributed by atoms with Gasteiger partial charge in [-0.05, 0) is 54.4 Å². The van der Waals surface area contributed by atoms with Gasteiger partial charge in [0.25, 0.3) is 0 Å². The molecule has 2 aromatic rings. The third-order valence-corrected chi connectivity index (χ3v) is 8.16. The molecule has 2 saturated heterocycles. The van der Waals surface area contributed by atoms with Gasteiger partial charge in [-0.3, -0.25) is 9.59 Å². The fourth-order valence-electron chi connectivity index (χ4n) is 4.25. The molecule has 158 valence electrons. The van der Waals surface area contributed by atoms with E-state index >= 15 is 0 Å². The smallest absolute Gasteiger partial charge is 0.228 e. The maximum absolute atomic E-state index is 13.7. The molecule has 0 saturated carbocycles. The maximum Gasteiger partial charge on any atom is 0.228 e. The molecule has 0 bridgehead atoms. The maximum atomic E-state index is 13.7. The van der Waals surface area contributed by atoms with Crippen molar-refractivity contribution in [3.63, 3.8) is 0 Å². The highest BCUT2D eigenvalue weighted by molar-refractivity contribution is 7.93. The van der Waals surface area contributed by atoms with E-state index in [1.54, 1.807) is 0 Å². The number of nitrogens with zero attached hydrogens (tertiary/aromatic N) is 1. The molecule has 2 aliphatic heterocycles. The number of benzene rings is 2. The second kappa shape index (κ2) is 7.09. The van der Waals surface area contributed by atoms with E-state index in [9.17, 15) is 22.4 Å². The molecular weight excluding hydrogens is 413 g/mol. The van der Waals surface area contributed by atoms with E-state index in [1.807, 2.05) is 0 Å². The van der Waals surface area contributed by atoms with Crippen LogP contribution in [0.4, 0.5) is 4.39 Å². The first-order chi connectivity index (χ1) is 14.2. The summed E-state index contributed by atoms with van der Waals surface area (Å²) in [6, 6.07) is 9.65. The highest BCUT2D eigenvalue weighted by Crippen LogP contribution is 2.49. The molecule has 0 radical (unpaired) electrons. The number of halogens is 1. The molecule has 2 fully saturated rings. The SMILES string of the molecule is COc1ccc(S(=O)(=O)C23CC(=O)N2CC(Cc2cc(F)ccc2OC)C3=O)cc1. The van der Waals surface area contributed by atoms with Crippen molar-refractivity contribution in [2.45, 2.75) is 22.6 Å². The highest BCUT2D eigenvalue weighted by Gasteiger charge is 2.70. The molecule has 1 amide bonds. The Morgan fingerprint density at radius 3 is 2.40 bits per heavy atom. The quantitative estimate of drug-likeness (QED) is 0.648. The van der Waals surface area contributed by atoms with E-state index < -0.39 is 44.6 Å². The number of ether oxygens (including phenoxy) is 2. The van der Waals surface area contributed by atoms with Crippen LogP contribution in [-0.2, 0) is 25.8 Å². The number of carbonyl (C=O) groups is 2. The van der Waals surface area contributed by atoms with Gasteiger partial charge in [0.1, 0.15) is 17.3 Å². The van der Waals surface area contributed by atoms with Gasteiger partial charge in [0.2, 0.25) is 20.6 Å². The molecule has 2 atom stereocenters. The van der Waals surface area contributed by atoms with Crippen LogP contribution in [0, 0.1) is 11.7 Å². The molecule has 2 aliphatic rings. The van der Waals surface area contributed by atoms with Crippen LogP contribution < -0.4 is 9.47 Å². The lowest BCUT2D eigenvalue weighted by Crippen LogP contribution is -2.67. The summed E-state index contributed by atoms with van der Waals surface area (Å²) < 4.78 is 50.8. The average molecular weight is 433 g/mol. The Kier molecular flexibility index (Phi) is 4.80. The molecule has 0 N–H and O–H groups in total. The minimum absolute atomic E-state index is 0.0350. The molecule has 9 heteroatoms. The van der Waals surface area contributed by atoms with Gasteiger partial charge < -0.3 is 14.4 Å². The van der Waals surface area contributed by atoms with Crippen LogP contribution in [0.3, 0.4) is 0 Å². The average Bonchev–Trinajstić information content (AvgIpc) is 2.96. The van der Waals surface area contributed by atoms with Crippen molar-refractivity contribution in [3.05, 3.63) is 53.8 Å². The Balaban J connectivity index is 1.70. The predicted molar refractivity (Wildman–Crippen MR) is 104 cm³/mol. The number of methoxy groups -OCH3 is 2. The minimum Gasteiger partial charge on any atom is -0.497 e. The topological polar surface area (TPSA) is 90.0 Å². The van der Waals surface area contributed by atoms with Crippen molar-refractivity contribution in [2.75, 3.05) is 20.8 Å². The summed E-state index contributed by atoms with van der Waals surface area (Å²) in [5.74, 6) is -1.34. The number of ketones is 1. The Labute approximate surface area is 173 Å². The number of sulfone groups is 1. The summed E-state index contributed by atoms with van der Waals surface area (Å²) in [6.07, 6.45) is -0.319. The first-order valence-electron chi connectivity index (χ1n) is 9.30. The van der Waals surface area contributed by atoms with Crippen LogP contribution in [0.2, 0.25) is 0 Å². The molecular formula is C21H20FNO6S. The van der Waals surface area contributed by atoms with E-state index in [0.717, 1.165) is 4.90 Å². The van der Waals surface area contributed by atoms with Crippen LogP contribution in [0.5, 0.6) is 11.5 Å². The minimum atomic E-state index is -4.16. The van der Waals surface area contributed by atoms with E-state index in [2.05, 4.69) is 0 Å². The third-order valence-electron chi connectivity index (χ3n) is 5.81. The first-order valence-corrected chi connectivity index (χ1v) is 10.8. The summed E-state index contributed by atoms with van der Waals surface area (Å²) in [6.45, 7) is -0.0350. The van der Waals surface area contributed by atoms with Gasteiger partial charge in [-0.2, -0.15) is 0 Å². The molecule has 4 rings (SSSR count). The fraction of sp³-hybridized carbons (Fsp3) is 0.333. The first kappa shape index (κ1) is 20.3. The molecule has 0 aromatic heterocycles. The summed E-state index contributed by atoms with van der Waals surface area (Å²) >= 11 is 0. The highest BCUT2D eigenvalue weighted by atomic mass is 32.2. The Morgan fingerprint density at radius 2 is 1.80 bits per heavy atom. The van der Waals surface area contributed by atoms with Crippen LogP contribution >= 0.6 is 0 Å². The lowest BCUT2D eigenvalue weighted by molar-refractivity contribution is -0.150. The summed E-state index contributed by atoms with van der Waals surface area (Å²) in [5, 5.41) is 0. The second-order valence-corrected chi connectivity index (χ2v) is 9.52. The number of hydrogen-bond donors (Lipinski definition) is 0. The van der Waals surface area contributed by atoms with Gasteiger partial charge in [0.15, 0.2) is 5.78 Å². The van der Waals surface area contributed by atoms with Crippen molar-refractivity contribution in [3.8, 4) is 11.5 Å². The van der Waals surface area contributed by atoms with Gasteiger partial charge in [0.05, 0.1) is 25.5 Å². The second-order valence-electron chi connectivity index (χ2n) is 7.37. The van der Waals surface area contributed by atoms with Crippen molar-refractivity contribution in [2.24, 2.45) is 5.92 Å². The van der Waals surface area contributed by atoms with Crippen LogP contribution in [0.1, 0.15) is 12.0 Å². The number of amides is 1. The van der Waals surface area contributed by atoms with Crippen LogP contribution in [0.25, 0.3) is 0 Å². The molecule has 0 spiro atoms. The number of Topliss-reactive ketones (excluding diaryl/α,β-unsaturated/α-hetero) is 1. The van der Waals surface area contributed by atoms with Gasteiger partial charge in [-0.1, -0.05) is 0 Å². The number of rotatable bonds is 6. The van der Waals surface area contributed by atoms with Crippen molar-refractivity contribution >= 4 is 21.5 Å².